The van der Waals surface area contributed by atoms with E-state index < -0.39 is 0 Å². The molecule has 1 atom stereocenters. The third kappa shape index (κ3) is 3.67. The largest absolute Gasteiger partial charge is 0.493 e. The minimum atomic E-state index is -0.273. The Morgan fingerprint density at radius 1 is 1.33 bits per heavy atom. The summed E-state index contributed by atoms with van der Waals surface area (Å²) < 4.78 is 16.0. The van der Waals surface area contributed by atoms with Gasteiger partial charge in [-0.3, -0.25) is 4.79 Å². The number of hydrogen-bond acceptors (Lipinski definition) is 4. The predicted molar refractivity (Wildman–Crippen MR) is 79.6 cm³/mol. The smallest absolute Gasteiger partial charge is 0.251 e. The lowest BCUT2D eigenvalue weighted by Gasteiger charge is -2.24. The summed E-state index contributed by atoms with van der Waals surface area (Å²) in [6.45, 7) is 3.88. The third-order valence-electron chi connectivity index (χ3n) is 3.72. The highest BCUT2D eigenvalue weighted by molar-refractivity contribution is 5.81. The van der Waals surface area contributed by atoms with Gasteiger partial charge in [0.25, 0.3) is 5.91 Å². The molecule has 1 saturated heterocycles. The van der Waals surface area contributed by atoms with E-state index in [-0.39, 0.29) is 12.0 Å². The molecule has 21 heavy (non-hydrogen) atoms. The summed E-state index contributed by atoms with van der Waals surface area (Å²) in [6.07, 6.45) is 1.51. The fourth-order valence-electron chi connectivity index (χ4n) is 2.52. The van der Waals surface area contributed by atoms with Crippen LogP contribution in [0.15, 0.2) is 18.2 Å². The van der Waals surface area contributed by atoms with Crippen molar-refractivity contribution in [1.29, 1.82) is 0 Å². The first-order valence-corrected chi connectivity index (χ1v) is 7.30. The molecule has 0 aliphatic carbocycles. The second kappa shape index (κ2) is 7.31. The Kier molecular flexibility index (Phi) is 5.44. The van der Waals surface area contributed by atoms with E-state index >= 15 is 0 Å². The first-order valence-electron chi connectivity index (χ1n) is 7.30. The van der Waals surface area contributed by atoms with E-state index in [1.807, 2.05) is 30.0 Å². The fraction of sp³-hybridized carbons (Fsp3) is 0.562. The predicted octanol–water partition coefficient (Wildman–Crippen LogP) is 2.23. The van der Waals surface area contributed by atoms with Gasteiger partial charge in [0.05, 0.1) is 14.2 Å². The first-order chi connectivity index (χ1) is 10.2. The lowest BCUT2D eigenvalue weighted by atomic mass is 10.1. The maximum absolute atomic E-state index is 12.4. The van der Waals surface area contributed by atoms with Gasteiger partial charge in [0, 0.05) is 19.7 Å². The van der Waals surface area contributed by atoms with Crippen LogP contribution in [0.5, 0.6) is 11.5 Å². The number of amides is 1. The number of rotatable bonds is 6. The van der Waals surface area contributed by atoms with Crippen LogP contribution in [-0.2, 0) is 16.1 Å². The van der Waals surface area contributed by atoms with Gasteiger partial charge >= 0.3 is 0 Å². The van der Waals surface area contributed by atoms with Crippen LogP contribution < -0.4 is 9.47 Å². The zero-order valence-electron chi connectivity index (χ0n) is 12.9. The van der Waals surface area contributed by atoms with Crippen molar-refractivity contribution < 1.29 is 19.0 Å². The zero-order valence-corrected chi connectivity index (χ0v) is 12.9. The van der Waals surface area contributed by atoms with E-state index in [9.17, 15) is 4.79 Å². The quantitative estimate of drug-likeness (QED) is 0.807. The fourth-order valence-corrected chi connectivity index (χ4v) is 2.52. The molecule has 0 spiro atoms. The van der Waals surface area contributed by atoms with Gasteiger partial charge in [0.2, 0.25) is 0 Å². The maximum atomic E-state index is 12.4. The lowest BCUT2D eigenvalue weighted by Crippen LogP contribution is -2.38. The number of nitrogens with zero attached hydrogens (tertiary/aromatic N) is 1. The van der Waals surface area contributed by atoms with E-state index in [4.69, 9.17) is 14.2 Å². The molecule has 1 aliphatic rings. The molecule has 1 amide bonds. The number of benzene rings is 1. The molecule has 0 radical (unpaired) electrons. The summed E-state index contributed by atoms with van der Waals surface area (Å²) in [4.78, 5) is 14.2. The molecule has 0 aromatic heterocycles. The van der Waals surface area contributed by atoms with Gasteiger partial charge < -0.3 is 19.1 Å². The van der Waals surface area contributed by atoms with E-state index in [2.05, 4.69) is 0 Å². The highest BCUT2D eigenvalue weighted by Gasteiger charge is 2.27. The Morgan fingerprint density at radius 3 is 2.67 bits per heavy atom. The minimum absolute atomic E-state index is 0.0739. The first kappa shape index (κ1) is 15.6. The summed E-state index contributed by atoms with van der Waals surface area (Å²) in [6, 6.07) is 5.72. The number of carbonyl (C=O) groups excluding carboxylic acids is 1. The summed E-state index contributed by atoms with van der Waals surface area (Å²) in [5, 5.41) is 0. The summed E-state index contributed by atoms with van der Waals surface area (Å²) in [5.74, 6) is 1.44. The van der Waals surface area contributed by atoms with Crippen LogP contribution in [-0.4, -0.2) is 44.3 Å². The minimum Gasteiger partial charge on any atom is -0.493 e. The van der Waals surface area contributed by atoms with Crippen molar-refractivity contribution in [3.63, 3.8) is 0 Å². The molecule has 1 fully saturated rings. The van der Waals surface area contributed by atoms with Crippen LogP contribution in [0.4, 0.5) is 0 Å². The second-order valence-corrected chi connectivity index (χ2v) is 5.04. The van der Waals surface area contributed by atoms with E-state index in [0.717, 1.165) is 18.4 Å². The molecule has 5 heteroatoms. The molecule has 0 bridgehead atoms. The van der Waals surface area contributed by atoms with Gasteiger partial charge in [-0.05, 0) is 37.5 Å². The molecule has 2 rings (SSSR count). The number of ether oxygens (including phenoxy) is 3. The Morgan fingerprint density at radius 2 is 2.10 bits per heavy atom. The van der Waals surface area contributed by atoms with Crippen molar-refractivity contribution in [1.82, 2.24) is 4.90 Å². The van der Waals surface area contributed by atoms with E-state index in [1.54, 1.807) is 14.2 Å². The Labute approximate surface area is 125 Å². The highest BCUT2D eigenvalue weighted by Crippen LogP contribution is 2.28. The maximum Gasteiger partial charge on any atom is 0.251 e. The van der Waals surface area contributed by atoms with Crippen molar-refractivity contribution in [3.8, 4) is 11.5 Å². The van der Waals surface area contributed by atoms with Crippen LogP contribution in [0.1, 0.15) is 25.3 Å². The van der Waals surface area contributed by atoms with Gasteiger partial charge in [-0.2, -0.15) is 0 Å². The molecule has 1 aliphatic heterocycles. The molecule has 5 nitrogen and oxygen atoms in total. The topological polar surface area (TPSA) is 48.0 Å². The van der Waals surface area contributed by atoms with Gasteiger partial charge in [-0.15, -0.1) is 0 Å². The third-order valence-corrected chi connectivity index (χ3v) is 3.72. The van der Waals surface area contributed by atoms with Crippen LogP contribution in [0.3, 0.4) is 0 Å². The molecule has 1 heterocycles. The molecule has 1 aromatic rings. The lowest BCUT2D eigenvalue weighted by molar-refractivity contribution is -0.141. The molecule has 0 saturated carbocycles. The Balaban J connectivity index is 2.09. The van der Waals surface area contributed by atoms with E-state index in [0.29, 0.717) is 31.2 Å². The Hall–Kier alpha value is -1.75. The van der Waals surface area contributed by atoms with Crippen molar-refractivity contribution >= 4 is 5.91 Å². The molecule has 1 unspecified atom stereocenters. The molecular weight excluding hydrogens is 270 g/mol. The van der Waals surface area contributed by atoms with Crippen molar-refractivity contribution in [2.45, 2.75) is 32.4 Å². The van der Waals surface area contributed by atoms with Crippen LogP contribution in [0.2, 0.25) is 0 Å². The normalized spacial score (nSPS) is 17.6. The van der Waals surface area contributed by atoms with E-state index in [1.165, 1.54) is 0 Å². The van der Waals surface area contributed by atoms with Gasteiger partial charge in [0.15, 0.2) is 11.5 Å². The second-order valence-electron chi connectivity index (χ2n) is 5.04. The number of methoxy groups -OCH3 is 2. The molecule has 0 N–H and O–H groups in total. The van der Waals surface area contributed by atoms with Crippen molar-refractivity contribution in [3.05, 3.63) is 23.8 Å². The summed E-state index contributed by atoms with van der Waals surface area (Å²) in [5.41, 5.74) is 1.01. The summed E-state index contributed by atoms with van der Waals surface area (Å²) >= 11 is 0. The monoisotopic (exact) mass is 293 g/mol. The standard InChI is InChI=1S/C16H23NO4/c1-4-17(16(18)14-6-5-9-21-14)11-12-7-8-13(19-2)15(10-12)20-3/h7-8,10,14H,4-6,9,11H2,1-3H3. The number of hydrogen-bond donors (Lipinski definition) is 0. The van der Waals surface area contributed by atoms with Gasteiger partial charge in [-0.1, -0.05) is 6.07 Å². The molecular formula is C16H23NO4. The number of carbonyl (C=O) groups is 1. The SMILES string of the molecule is CCN(Cc1ccc(OC)c(OC)c1)C(=O)C1CCCO1. The van der Waals surface area contributed by atoms with Gasteiger partial charge in [0.1, 0.15) is 6.10 Å². The van der Waals surface area contributed by atoms with Crippen LogP contribution >= 0.6 is 0 Å². The zero-order chi connectivity index (χ0) is 15.2. The van der Waals surface area contributed by atoms with Crippen molar-refractivity contribution in [2.24, 2.45) is 0 Å². The van der Waals surface area contributed by atoms with Crippen LogP contribution in [0.25, 0.3) is 0 Å². The van der Waals surface area contributed by atoms with Gasteiger partial charge in [-0.25, -0.2) is 0 Å². The molecule has 1 aromatic carbocycles. The number of likely N-dealkylation sites (N-methyl/N-ethyl adjacent to an activating group) is 1. The average molecular weight is 293 g/mol. The Bertz CT molecular complexity index is 483. The van der Waals surface area contributed by atoms with Crippen LogP contribution in [0, 0.1) is 0 Å². The molecule has 116 valence electrons. The highest BCUT2D eigenvalue weighted by atomic mass is 16.5. The average Bonchev–Trinajstić information content (AvgIpc) is 3.06. The summed E-state index contributed by atoms with van der Waals surface area (Å²) in [7, 11) is 3.22. The van der Waals surface area contributed by atoms with Crippen molar-refractivity contribution in [2.75, 3.05) is 27.4 Å².